The molecule has 0 aromatic carbocycles. The van der Waals surface area contributed by atoms with Crippen LogP contribution in [0, 0.1) is 11.8 Å². The van der Waals surface area contributed by atoms with Crippen LogP contribution in [0.25, 0.3) is 0 Å². The van der Waals surface area contributed by atoms with E-state index in [0.29, 0.717) is 32.1 Å². The lowest BCUT2D eigenvalue weighted by atomic mass is 9.88. The van der Waals surface area contributed by atoms with Gasteiger partial charge in [0.15, 0.2) is 6.10 Å². The van der Waals surface area contributed by atoms with E-state index in [1.54, 1.807) is 12.2 Å². The van der Waals surface area contributed by atoms with Crippen LogP contribution in [0.5, 0.6) is 0 Å². The standard InChI is InChI=1S/C42H74NO13P/c1-3-5-7-8-9-10-11-12-13-14-15-16-22-26-41(48)56-34(31-54-57(51,52)55-32-37(43)42(49)50)30-53-40(47)25-21-18-17-20-24-35-36(39(46)29-38(35)45)28-27-33(44)23-19-6-4-2/h10-11,27-28,33-37,39,44,46H,3-9,12-26,29-32,43H2,1-2H3,(H,49,50)(H,51,52)/b11-10-,28-27+/t33-,34+,35+,36+,37-,39+/m0/s1. The first-order valence-corrected chi connectivity index (χ1v) is 23.0. The number of rotatable bonds is 36. The average molecular weight is 832 g/mol. The van der Waals surface area contributed by atoms with Gasteiger partial charge in [-0.2, -0.15) is 0 Å². The number of Topliss-reactive ketones (excluding diaryl/α,β-unsaturated/α-hetero) is 1. The number of hydrogen-bond acceptors (Lipinski definition) is 12. The summed E-state index contributed by atoms with van der Waals surface area (Å²) >= 11 is 0. The molecule has 1 aliphatic carbocycles. The maximum Gasteiger partial charge on any atom is 0.472 e. The third kappa shape index (κ3) is 27.0. The molecule has 330 valence electrons. The van der Waals surface area contributed by atoms with Crippen LogP contribution in [-0.4, -0.2) is 88.1 Å². The summed E-state index contributed by atoms with van der Waals surface area (Å²) in [5.41, 5.74) is 5.32. The van der Waals surface area contributed by atoms with Crippen LogP contribution in [0.4, 0.5) is 0 Å². The first kappa shape index (κ1) is 52.6. The molecule has 0 radical (unpaired) electrons. The number of esters is 2. The van der Waals surface area contributed by atoms with Crippen LogP contribution >= 0.6 is 7.82 Å². The minimum atomic E-state index is -4.77. The molecule has 1 aliphatic rings. The maximum atomic E-state index is 12.6. The lowest BCUT2D eigenvalue weighted by molar-refractivity contribution is -0.161. The number of allylic oxidation sites excluding steroid dienone is 2. The molecule has 1 unspecified atom stereocenters. The van der Waals surface area contributed by atoms with Crippen molar-refractivity contribution < 1.29 is 62.5 Å². The molecule has 15 heteroatoms. The summed E-state index contributed by atoms with van der Waals surface area (Å²) in [6, 6.07) is -1.56. The van der Waals surface area contributed by atoms with E-state index < -0.39 is 69.9 Å². The molecule has 57 heavy (non-hydrogen) atoms. The van der Waals surface area contributed by atoms with Gasteiger partial charge < -0.3 is 35.4 Å². The minimum Gasteiger partial charge on any atom is -0.480 e. The van der Waals surface area contributed by atoms with Crippen molar-refractivity contribution in [2.75, 3.05) is 19.8 Å². The summed E-state index contributed by atoms with van der Waals surface area (Å²) in [7, 11) is -4.77. The fourth-order valence-corrected chi connectivity index (χ4v) is 7.38. The fraction of sp³-hybridized carbons (Fsp3) is 0.810. The molecule has 6 N–H and O–H groups in total. The summed E-state index contributed by atoms with van der Waals surface area (Å²) in [6.45, 7) is 2.43. The molecular formula is C42H74NO13P. The molecule has 1 fully saturated rings. The van der Waals surface area contributed by atoms with Gasteiger partial charge in [0.2, 0.25) is 0 Å². The Morgan fingerprint density at radius 2 is 1.37 bits per heavy atom. The zero-order valence-corrected chi connectivity index (χ0v) is 35.5. The Balaban J connectivity index is 2.49. The number of aliphatic carboxylic acids is 1. The van der Waals surface area contributed by atoms with Gasteiger partial charge in [-0.1, -0.05) is 115 Å². The molecular weight excluding hydrogens is 757 g/mol. The van der Waals surface area contributed by atoms with Crippen LogP contribution < -0.4 is 5.73 Å². The van der Waals surface area contributed by atoms with Crippen molar-refractivity contribution in [2.45, 2.75) is 186 Å². The molecule has 0 amide bonds. The predicted octanol–water partition coefficient (Wildman–Crippen LogP) is 7.65. The van der Waals surface area contributed by atoms with Crippen LogP contribution in [0.1, 0.15) is 162 Å². The Hall–Kier alpha value is -2.45. The van der Waals surface area contributed by atoms with Crippen molar-refractivity contribution in [3.8, 4) is 0 Å². The zero-order valence-electron chi connectivity index (χ0n) is 34.6. The van der Waals surface area contributed by atoms with E-state index in [1.807, 2.05) is 0 Å². The van der Waals surface area contributed by atoms with E-state index in [2.05, 4.69) is 30.5 Å². The highest BCUT2D eigenvalue weighted by atomic mass is 31.2. The monoisotopic (exact) mass is 831 g/mol. The molecule has 0 aliphatic heterocycles. The molecule has 0 aromatic heterocycles. The summed E-state index contributed by atoms with van der Waals surface area (Å²) in [4.78, 5) is 58.7. The number of aliphatic hydroxyl groups is 2. The van der Waals surface area contributed by atoms with Gasteiger partial charge >= 0.3 is 25.7 Å². The van der Waals surface area contributed by atoms with Gasteiger partial charge in [-0.15, -0.1) is 0 Å². The number of unbranched alkanes of at least 4 members (excludes halogenated alkanes) is 14. The van der Waals surface area contributed by atoms with Gasteiger partial charge in [0.05, 0.1) is 25.4 Å². The number of carbonyl (C=O) groups is 4. The highest BCUT2D eigenvalue weighted by Crippen LogP contribution is 2.43. The van der Waals surface area contributed by atoms with Crippen LogP contribution in [0.3, 0.4) is 0 Å². The van der Waals surface area contributed by atoms with E-state index in [-0.39, 0.29) is 36.9 Å². The van der Waals surface area contributed by atoms with E-state index >= 15 is 0 Å². The van der Waals surface area contributed by atoms with E-state index in [9.17, 15) is 38.8 Å². The van der Waals surface area contributed by atoms with Crippen molar-refractivity contribution in [3.05, 3.63) is 24.3 Å². The fourth-order valence-electron chi connectivity index (χ4n) is 6.60. The Morgan fingerprint density at radius 1 is 0.807 bits per heavy atom. The number of phosphoric ester groups is 1. The summed E-state index contributed by atoms with van der Waals surface area (Å²) in [5.74, 6) is -3.18. The van der Waals surface area contributed by atoms with Crippen molar-refractivity contribution >= 4 is 31.5 Å². The first-order chi connectivity index (χ1) is 27.3. The van der Waals surface area contributed by atoms with E-state index in [4.69, 9.17) is 24.8 Å². The minimum absolute atomic E-state index is 0.0237. The molecule has 0 saturated heterocycles. The first-order valence-electron chi connectivity index (χ1n) is 21.5. The Bertz CT molecular complexity index is 1230. The smallest absolute Gasteiger partial charge is 0.472 e. The third-order valence-corrected chi connectivity index (χ3v) is 11.0. The number of hydrogen-bond donors (Lipinski definition) is 5. The second-order valence-corrected chi connectivity index (χ2v) is 16.7. The number of ketones is 1. The van der Waals surface area contributed by atoms with Crippen LogP contribution in [0.15, 0.2) is 24.3 Å². The molecule has 0 aromatic rings. The van der Waals surface area contributed by atoms with Gasteiger partial charge in [0.1, 0.15) is 18.4 Å². The summed E-state index contributed by atoms with van der Waals surface area (Å²) < 4.78 is 32.6. The number of aliphatic hydroxyl groups excluding tert-OH is 2. The second kappa shape index (κ2) is 32.4. The lowest BCUT2D eigenvalue weighted by Crippen LogP contribution is -2.34. The normalized spacial score (nSPS) is 19.8. The van der Waals surface area contributed by atoms with Gasteiger partial charge in [0, 0.05) is 31.1 Å². The summed E-state index contributed by atoms with van der Waals surface area (Å²) in [5, 5.41) is 29.6. The highest BCUT2D eigenvalue weighted by Gasteiger charge is 2.39. The van der Waals surface area contributed by atoms with Gasteiger partial charge in [-0.25, -0.2) is 4.57 Å². The largest absolute Gasteiger partial charge is 0.480 e. The van der Waals surface area contributed by atoms with Crippen molar-refractivity contribution in [1.82, 2.24) is 0 Å². The number of nitrogens with two attached hydrogens (primary N) is 1. The molecule has 0 heterocycles. The van der Waals surface area contributed by atoms with E-state index in [0.717, 1.165) is 70.6 Å². The lowest BCUT2D eigenvalue weighted by Gasteiger charge is -2.20. The van der Waals surface area contributed by atoms with Crippen LogP contribution in [-0.2, 0) is 42.3 Å². The Morgan fingerprint density at radius 3 is 2.02 bits per heavy atom. The quantitative estimate of drug-likeness (QED) is 0.0177. The Labute approximate surface area is 340 Å². The molecule has 1 rings (SSSR count). The summed E-state index contributed by atoms with van der Waals surface area (Å²) in [6.07, 6.45) is 24.4. The second-order valence-electron chi connectivity index (χ2n) is 15.2. The molecule has 7 atom stereocenters. The van der Waals surface area contributed by atoms with Crippen LogP contribution in [0.2, 0.25) is 0 Å². The van der Waals surface area contributed by atoms with Gasteiger partial charge in [-0.05, 0) is 51.4 Å². The number of carboxylic acids is 1. The highest BCUT2D eigenvalue weighted by molar-refractivity contribution is 7.47. The topological polar surface area (TPSA) is 229 Å². The third-order valence-electron chi connectivity index (χ3n) is 10.1. The predicted molar refractivity (Wildman–Crippen MR) is 218 cm³/mol. The molecule has 14 nitrogen and oxygen atoms in total. The maximum absolute atomic E-state index is 12.6. The van der Waals surface area contributed by atoms with E-state index in [1.165, 1.54) is 25.7 Å². The van der Waals surface area contributed by atoms with Gasteiger partial charge in [-0.3, -0.25) is 28.2 Å². The molecule has 0 bridgehead atoms. The number of carboxylic acid groups (broad SMARTS) is 1. The van der Waals surface area contributed by atoms with Gasteiger partial charge in [0.25, 0.3) is 0 Å². The van der Waals surface area contributed by atoms with Crippen molar-refractivity contribution in [3.63, 3.8) is 0 Å². The average Bonchev–Trinajstić information content (AvgIpc) is 3.44. The SMILES string of the molecule is CCCCCC/C=C\CCCCCCCC(=O)O[C@H](COC(=O)CCCCCC[C@H]1C(=O)C[C@@H](O)[C@@H]1/C=C/[C@@H](O)CCCCC)COP(=O)(O)OC[C@H](N)C(=O)O. The number of phosphoric acid groups is 1. The van der Waals surface area contributed by atoms with Crippen molar-refractivity contribution in [1.29, 1.82) is 0 Å². The number of ether oxygens (including phenoxy) is 2. The Kier molecular flexibility index (Phi) is 29.9. The molecule has 1 saturated carbocycles. The zero-order chi connectivity index (χ0) is 42.3. The molecule has 0 spiro atoms. The number of carbonyl (C=O) groups excluding carboxylic acids is 3. The van der Waals surface area contributed by atoms with Crippen molar-refractivity contribution in [2.24, 2.45) is 17.6 Å².